The minimum atomic E-state index is -0.589. The summed E-state index contributed by atoms with van der Waals surface area (Å²) in [6, 6.07) is 10.8. The zero-order chi connectivity index (χ0) is 19.6. The number of oxime groups is 1. The van der Waals surface area contributed by atoms with Crippen molar-refractivity contribution in [3.05, 3.63) is 57.6 Å². The summed E-state index contributed by atoms with van der Waals surface area (Å²) in [5.74, 6) is 0.0870. The van der Waals surface area contributed by atoms with Gasteiger partial charge in [0.25, 0.3) is 11.6 Å². The lowest BCUT2D eigenvalue weighted by Crippen LogP contribution is -2.14. The number of nitro groups is 1. The molecule has 1 amide bonds. The van der Waals surface area contributed by atoms with Crippen LogP contribution >= 0.6 is 11.6 Å². The Labute approximate surface area is 159 Å². The van der Waals surface area contributed by atoms with Crippen LogP contribution in [0.15, 0.2) is 47.6 Å². The number of hydrogen-bond donors (Lipinski definition) is 1. The standard InChI is InChI=1S/C17H16ClN3O6/c1-25-16-10-12(21(23)24)6-7-14(16)20-17(22)11-19-27-9-8-26-15-5-3-2-4-13(15)18/h2-7,10-11H,8-9H2,1H3,(H,20,22)/b19-11-. The Morgan fingerprint density at radius 3 is 2.74 bits per heavy atom. The predicted molar refractivity (Wildman–Crippen MR) is 99.7 cm³/mol. The Kier molecular flexibility index (Phi) is 7.38. The molecule has 0 saturated carbocycles. The van der Waals surface area contributed by atoms with E-state index in [9.17, 15) is 14.9 Å². The number of methoxy groups -OCH3 is 1. The van der Waals surface area contributed by atoms with Crippen molar-refractivity contribution in [1.82, 2.24) is 0 Å². The maximum atomic E-state index is 11.8. The molecule has 0 aliphatic heterocycles. The van der Waals surface area contributed by atoms with Gasteiger partial charge in [-0.15, -0.1) is 0 Å². The second kappa shape index (κ2) is 9.97. The molecular formula is C17H16ClN3O6. The van der Waals surface area contributed by atoms with Gasteiger partial charge in [0.05, 0.1) is 28.8 Å². The Hall–Kier alpha value is -3.33. The van der Waals surface area contributed by atoms with Crippen LogP contribution in [-0.2, 0) is 9.63 Å². The summed E-state index contributed by atoms with van der Waals surface area (Å²) in [6.45, 7) is 0.300. The predicted octanol–water partition coefficient (Wildman–Crippen LogP) is 3.28. The first-order chi connectivity index (χ1) is 13.0. The van der Waals surface area contributed by atoms with Crippen molar-refractivity contribution in [2.24, 2.45) is 5.16 Å². The zero-order valence-corrected chi connectivity index (χ0v) is 15.0. The van der Waals surface area contributed by atoms with Crippen LogP contribution < -0.4 is 14.8 Å². The minimum Gasteiger partial charge on any atom is -0.494 e. The third-order valence-electron chi connectivity index (χ3n) is 3.17. The highest BCUT2D eigenvalue weighted by Gasteiger charge is 2.12. The van der Waals surface area contributed by atoms with Gasteiger partial charge >= 0.3 is 0 Å². The molecule has 10 heteroatoms. The highest BCUT2D eigenvalue weighted by atomic mass is 35.5. The molecule has 9 nitrogen and oxygen atoms in total. The summed E-state index contributed by atoms with van der Waals surface area (Å²) >= 11 is 5.94. The molecule has 0 bridgehead atoms. The molecule has 2 aromatic rings. The van der Waals surface area contributed by atoms with Gasteiger partial charge < -0.3 is 19.6 Å². The molecule has 0 aliphatic rings. The topological polar surface area (TPSA) is 112 Å². The van der Waals surface area contributed by atoms with E-state index in [1.807, 2.05) is 0 Å². The van der Waals surface area contributed by atoms with Crippen LogP contribution in [0.25, 0.3) is 0 Å². The summed E-state index contributed by atoms with van der Waals surface area (Å²) in [5.41, 5.74) is 0.113. The summed E-state index contributed by atoms with van der Waals surface area (Å²) in [4.78, 5) is 26.9. The summed E-state index contributed by atoms with van der Waals surface area (Å²) in [6.07, 6.45) is 0.927. The molecule has 0 radical (unpaired) electrons. The van der Waals surface area contributed by atoms with Gasteiger partial charge in [-0.05, 0) is 18.2 Å². The number of carbonyl (C=O) groups excluding carboxylic acids is 1. The summed E-state index contributed by atoms with van der Waals surface area (Å²) < 4.78 is 10.4. The average Bonchev–Trinajstić information content (AvgIpc) is 2.66. The molecule has 2 aromatic carbocycles. The first kappa shape index (κ1) is 20.0. The zero-order valence-electron chi connectivity index (χ0n) is 14.3. The smallest absolute Gasteiger partial charge is 0.273 e. The lowest BCUT2D eigenvalue weighted by molar-refractivity contribution is -0.384. The Morgan fingerprint density at radius 2 is 2.04 bits per heavy atom. The van der Waals surface area contributed by atoms with E-state index in [-0.39, 0.29) is 30.3 Å². The minimum absolute atomic E-state index is 0.107. The average molecular weight is 394 g/mol. The largest absolute Gasteiger partial charge is 0.494 e. The van der Waals surface area contributed by atoms with Crippen LogP contribution in [0.5, 0.6) is 11.5 Å². The van der Waals surface area contributed by atoms with Crippen LogP contribution in [0.2, 0.25) is 5.02 Å². The molecule has 2 rings (SSSR count). The van der Waals surface area contributed by atoms with E-state index < -0.39 is 10.8 Å². The van der Waals surface area contributed by atoms with Gasteiger partial charge in [-0.2, -0.15) is 0 Å². The van der Waals surface area contributed by atoms with Crippen molar-refractivity contribution >= 4 is 35.1 Å². The SMILES string of the molecule is COc1cc([N+](=O)[O-])ccc1NC(=O)/C=N\OCCOc1ccccc1Cl. The van der Waals surface area contributed by atoms with Crippen molar-refractivity contribution in [1.29, 1.82) is 0 Å². The Morgan fingerprint density at radius 1 is 1.26 bits per heavy atom. The molecule has 0 spiro atoms. The number of hydrogen-bond acceptors (Lipinski definition) is 7. The van der Waals surface area contributed by atoms with Gasteiger partial charge in [0.1, 0.15) is 24.3 Å². The van der Waals surface area contributed by atoms with Gasteiger partial charge in [0.15, 0.2) is 6.61 Å². The first-order valence-electron chi connectivity index (χ1n) is 7.67. The van der Waals surface area contributed by atoms with Gasteiger partial charge in [-0.25, -0.2) is 0 Å². The number of ether oxygens (including phenoxy) is 2. The van der Waals surface area contributed by atoms with Crippen molar-refractivity contribution < 1.29 is 24.0 Å². The fourth-order valence-corrected chi connectivity index (χ4v) is 2.14. The fourth-order valence-electron chi connectivity index (χ4n) is 1.95. The highest BCUT2D eigenvalue weighted by molar-refractivity contribution is 6.32. The Bertz CT molecular complexity index is 843. The molecule has 27 heavy (non-hydrogen) atoms. The number of para-hydroxylation sites is 1. The number of nitro benzene ring substituents is 1. The maximum absolute atomic E-state index is 11.8. The van der Waals surface area contributed by atoms with Crippen molar-refractivity contribution in [3.8, 4) is 11.5 Å². The lowest BCUT2D eigenvalue weighted by Gasteiger charge is -2.08. The van der Waals surface area contributed by atoms with E-state index in [1.54, 1.807) is 24.3 Å². The van der Waals surface area contributed by atoms with Crippen LogP contribution in [0.1, 0.15) is 0 Å². The van der Waals surface area contributed by atoms with Gasteiger partial charge in [-0.3, -0.25) is 14.9 Å². The van der Waals surface area contributed by atoms with E-state index in [0.29, 0.717) is 10.8 Å². The van der Waals surface area contributed by atoms with E-state index in [4.69, 9.17) is 25.9 Å². The number of rotatable bonds is 9. The highest BCUT2D eigenvalue weighted by Crippen LogP contribution is 2.28. The normalized spacial score (nSPS) is 10.4. The van der Waals surface area contributed by atoms with Gasteiger partial charge in [0, 0.05) is 6.07 Å². The molecular weight excluding hydrogens is 378 g/mol. The molecule has 0 aromatic heterocycles. The number of non-ortho nitro benzene ring substituents is 1. The third kappa shape index (κ3) is 6.15. The van der Waals surface area contributed by atoms with E-state index in [1.165, 1.54) is 25.3 Å². The van der Waals surface area contributed by atoms with Crippen LogP contribution in [0.4, 0.5) is 11.4 Å². The monoisotopic (exact) mass is 393 g/mol. The first-order valence-corrected chi connectivity index (χ1v) is 8.05. The number of nitrogens with one attached hydrogen (secondary N) is 1. The van der Waals surface area contributed by atoms with E-state index in [2.05, 4.69) is 10.5 Å². The molecule has 0 saturated heterocycles. The number of benzene rings is 2. The van der Waals surface area contributed by atoms with E-state index in [0.717, 1.165) is 6.21 Å². The van der Waals surface area contributed by atoms with Crippen molar-refractivity contribution in [2.75, 3.05) is 25.6 Å². The number of nitrogens with zero attached hydrogens (tertiary/aromatic N) is 2. The van der Waals surface area contributed by atoms with Gasteiger partial charge in [0.2, 0.25) is 0 Å². The van der Waals surface area contributed by atoms with Crippen LogP contribution in [0.3, 0.4) is 0 Å². The molecule has 0 atom stereocenters. The maximum Gasteiger partial charge on any atom is 0.273 e. The number of carbonyl (C=O) groups is 1. The molecule has 1 N–H and O–H groups in total. The van der Waals surface area contributed by atoms with Crippen LogP contribution in [-0.4, -0.2) is 37.4 Å². The fraction of sp³-hybridized carbons (Fsp3) is 0.176. The molecule has 0 aliphatic carbocycles. The second-order valence-electron chi connectivity index (χ2n) is 4.98. The van der Waals surface area contributed by atoms with Crippen molar-refractivity contribution in [3.63, 3.8) is 0 Å². The van der Waals surface area contributed by atoms with E-state index >= 15 is 0 Å². The van der Waals surface area contributed by atoms with Crippen molar-refractivity contribution in [2.45, 2.75) is 0 Å². The number of amides is 1. The Balaban J connectivity index is 1.78. The second-order valence-corrected chi connectivity index (χ2v) is 5.38. The third-order valence-corrected chi connectivity index (χ3v) is 3.48. The summed E-state index contributed by atoms with van der Waals surface area (Å²) in [7, 11) is 1.34. The number of anilines is 1. The molecule has 0 fully saturated rings. The lowest BCUT2D eigenvalue weighted by atomic mass is 10.2. The number of halogens is 1. The molecule has 0 heterocycles. The quantitative estimate of drug-likeness (QED) is 0.303. The van der Waals surface area contributed by atoms with Crippen LogP contribution in [0, 0.1) is 10.1 Å². The van der Waals surface area contributed by atoms with Gasteiger partial charge in [-0.1, -0.05) is 28.9 Å². The molecule has 0 unspecified atom stereocenters. The summed E-state index contributed by atoms with van der Waals surface area (Å²) in [5, 5.41) is 17.2. The molecule has 142 valence electrons.